The van der Waals surface area contributed by atoms with E-state index < -0.39 is 34.4 Å². The van der Waals surface area contributed by atoms with Crippen LogP contribution in [0, 0.1) is 6.92 Å². The van der Waals surface area contributed by atoms with E-state index in [1.54, 1.807) is 19.1 Å². The molecule has 0 unspecified atom stereocenters. The molecule has 0 aliphatic rings. The topological polar surface area (TPSA) is 102 Å². The summed E-state index contributed by atoms with van der Waals surface area (Å²) in [5, 5.41) is 2.55. The first-order chi connectivity index (χ1) is 13.3. The van der Waals surface area contributed by atoms with Crippen molar-refractivity contribution in [3.63, 3.8) is 0 Å². The molecule has 0 aliphatic heterocycles. The number of hydrogen-bond donors (Lipinski definition) is 2. The molecular weight excluding hydrogens is 380 g/mol. The molecule has 0 spiro atoms. The van der Waals surface area contributed by atoms with Crippen LogP contribution in [0.5, 0.6) is 0 Å². The van der Waals surface area contributed by atoms with E-state index in [4.69, 9.17) is 4.74 Å². The van der Waals surface area contributed by atoms with E-state index in [9.17, 15) is 18.0 Å². The second-order valence-corrected chi connectivity index (χ2v) is 8.07. The van der Waals surface area contributed by atoms with Crippen LogP contribution in [-0.4, -0.2) is 33.9 Å². The average molecular weight is 404 g/mol. The van der Waals surface area contributed by atoms with Crippen LogP contribution in [0.15, 0.2) is 53.4 Å². The first-order valence-electron chi connectivity index (χ1n) is 8.84. The highest BCUT2D eigenvalue weighted by Gasteiger charge is 2.21. The van der Waals surface area contributed by atoms with Gasteiger partial charge < -0.3 is 10.1 Å². The summed E-state index contributed by atoms with van der Waals surface area (Å²) in [5.41, 5.74) is 1.68. The number of carbonyl (C=O) groups is 2. The van der Waals surface area contributed by atoms with Crippen LogP contribution < -0.4 is 10.0 Å². The molecular formula is C20H24N2O5S. The molecule has 0 heterocycles. The predicted molar refractivity (Wildman–Crippen MR) is 106 cm³/mol. The summed E-state index contributed by atoms with van der Waals surface area (Å²) in [6, 6.07) is 13.8. The van der Waals surface area contributed by atoms with Gasteiger partial charge in [0, 0.05) is 5.69 Å². The Morgan fingerprint density at radius 3 is 2.39 bits per heavy atom. The molecule has 2 rings (SSSR count). The third kappa shape index (κ3) is 5.40. The number of amides is 1. The number of carbonyl (C=O) groups excluding carboxylic acids is 2. The molecule has 8 heteroatoms. The second-order valence-electron chi connectivity index (χ2n) is 6.22. The standard InChI is InChI=1S/C20H24N2O5S/c1-4-17(15-8-6-5-7-9-15)20(24)27-13-19(23)22-16-11-10-14(2)18(12-16)28(25,26)21-3/h5-12,17,21H,4,13H2,1-3H3,(H,22,23)/t17-/m0/s1. The molecule has 0 fully saturated rings. The Kier molecular flexibility index (Phi) is 7.31. The van der Waals surface area contributed by atoms with Crippen LogP contribution in [0.4, 0.5) is 5.69 Å². The molecule has 2 aromatic rings. The van der Waals surface area contributed by atoms with Crippen molar-refractivity contribution < 1.29 is 22.7 Å². The highest BCUT2D eigenvalue weighted by molar-refractivity contribution is 7.89. The zero-order valence-corrected chi connectivity index (χ0v) is 16.9. The van der Waals surface area contributed by atoms with E-state index in [-0.39, 0.29) is 4.90 Å². The highest BCUT2D eigenvalue weighted by atomic mass is 32.2. The normalized spacial score (nSPS) is 12.2. The number of benzene rings is 2. The van der Waals surface area contributed by atoms with Gasteiger partial charge in [0.05, 0.1) is 10.8 Å². The van der Waals surface area contributed by atoms with Gasteiger partial charge in [-0.2, -0.15) is 0 Å². The van der Waals surface area contributed by atoms with Gasteiger partial charge >= 0.3 is 5.97 Å². The minimum absolute atomic E-state index is 0.0694. The maximum Gasteiger partial charge on any atom is 0.313 e. The Bertz CT molecular complexity index is 942. The van der Waals surface area contributed by atoms with E-state index in [0.717, 1.165) is 5.56 Å². The number of anilines is 1. The van der Waals surface area contributed by atoms with E-state index >= 15 is 0 Å². The molecule has 28 heavy (non-hydrogen) atoms. The minimum Gasteiger partial charge on any atom is -0.455 e. The van der Waals surface area contributed by atoms with Crippen molar-refractivity contribution in [2.45, 2.75) is 31.1 Å². The summed E-state index contributed by atoms with van der Waals surface area (Å²) in [5.74, 6) is -1.47. The van der Waals surface area contributed by atoms with Gasteiger partial charge in [0.1, 0.15) is 0 Å². The van der Waals surface area contributed by atoms with Gasteiger partial charge in [-0.1, -0.05) is 43.3 Å². The van der Waals surface area contributed by atoms with E-state index in [1.165, 1.54) is 13.1 Å². The third-order valence-electron chi connectivity index (χ3n) is 4.27. The summed E-state index contributed by atoms with van der Waals surface area (Å²) in [6.45, 7) is 3.07. The Labute approximate surface area is 165 Å². The van der Waals surface area contributed by atoms with Crippen LogP contribution in [0.2, 0.25) is 0 Å². The highest BCUT2D eigenvalue weighted by Crippen LogP contribution is 2.21. The lowest BCUT2D eigenvalue weighted by Gasteiger charge is -2.15. The van der Waals surface area contributed by atoms with E-state index in [2.05, 4.69) is 10.0 Å². The summed E-state index contributed by atoms with van der Waals surface area (Å²) < 4.78 is 31.4. The molecule has 0 bridgehead atoms. The maximum absolute atomic E-state index is 12.3. The predicted octanol–water partition coefficient (Wildman–Crippen LogP) is 2.58. The summed E-state index contributed by atoms with van der Waals surface area (Å²) in [7, 11) is -2.33. The summed E-state index contributed by atoms with van der Waals surface area (Å²) in [4.78, 5) is 24.5. The zero-order valence-electron chi connectivity index (χ0n) is 16.1. The molecule has 0 saturated carbocycles. The van der Waals surface area contributed by atoms with Crippen molar-refractivity contribution in [3.8, 4) is 0 Å². The van der Waals surface area contributed by atoms with Crippen LogP contribution in [0.25, 0.3) is 0 Å². The lowest BCUT2D eigenvalue weighted by Crippen LogP contribution is -2.24. The molecule has 7 nitrogen and oxygen atoms in total. The van der Waals surface area contributed by atoms with Crippen LogP contribution >= 0.6 is 0 Å². The van der Waals surface area contributed by atoms with Gasteiger partial charge in [0.15, 0.2) is 6.61 Å². The van der Waals surface area contributed by atoms with Gasteiger partial charge in [-0.3, -0.25) is 9.59 Å². The van der Waals surface area contributed by atoms with Crippen LogP contribution in [0.1, 0.15) is 30.4 Å². The number of aryl methyl sites for hydroxylation is 1. The number of hydrogen-bond acceptors (Lipinski definition) is 5. The SMILES string of the molecule is CC[C@H](C(=O)OCC(=O)Nc1ccc(C)c(S(=O)(=O)NC)c1)c1ccccc1. The second kappa shape index (κ2) is 9.48. The molecule has 0 radical (unpaired) electrons. The van der Waals surface area contributed by atoms with Crippen molar-refractivity contribution in [2.24, 2.45) is 0 Å². The fourth-order valence-corrected chi connectivity index (χ4v) is 3.73. The molecule has 1 amide bonds. The third-order valence-corrected chi connectivity index (χ3v) is 5.83. The van der Waals surface area contributed by atoms with Crippen molar-refractivity contribution in [2.75, 3.05) is 19.0 Å². The minimum atomic E-state index is -3.64. The number of sulfonamides is 1. The average Bonchev–Trinajstić information content (AvgIpc) is 2.69. The molecule has 150 valence electrons. The maximum atomic E-state index is 12.3. The van der Waals surface area contributed by atoms with E-state index in [0.29, 0.717) is 17.7 Å². The van der Waals surface area contributed by atoms with Gasteiger partial charge in [-0.25, -0.2) is 13.1 Å². The van der Waals surface area contributed by atoms with E-state index in [1.807, 2.05) is 37.3 Å². The fraction of sp³-hybridized carbons (Fsp3) is 0.300. The number of esters is 1. The molecule has 0 aliphatic carbocycles. The van der Waals surface area contributed by atoms with Crippen molar-refractivity contribution in [3.05, 3.63) is 59.7 Å². The Balaban J connectivity index is 2.01. The van der Waals surface area contributed by atoms with Crippen molar-refractivity contribution in [1.29, 1.82) is 0 Å². The Hall–Kier alpha value is -2.71. The molecule has 1 atom stereocenters. The quantitative estimate of drug-likeness (QED) is 0.659. The Morgan fingerprint density at radius 2 is 1.79 bits per heavy atom. The monoisotopic (exact) mass is 404 g/mol. The lowest BCUT2D eigenvalue weighted by atomic mass is 9.97. The lowest BCUT2D eigenvalue weighted by molar-refractivity contribution is -0.149. The van der Waals surface area contributed by atoms with Crippen LogP contribution in [-0.2, 0) is 24.3 Å². The van der Waals surface area contributed by atoms with Gasteiger partial charge in [-0.05, 0) is 43.7 Å². The van der Waals surface area contributed by atoms with Crippen LogP contribution in [0.3, 0.4) is 0 Å². The van der Waals surface area contributed by atoms with Gasteiger partial charge in [0.25, 0.3) is 5.91 Å². The number of nitrogens with one attached hydrogen (secondary N) is 2. The fourth-order valence-electron chi connectivity index (χ4n) is 2.74. The Morgan fingerprint density at radius 1 is 1.11 bits per heavy atom. The molecule has 2 N–H and O–H groups in total. The molecule has 2 aromatic carbocycles. The van der Waals surface area contributed by atoms with Gasteiger partial charge in [0.2, 0.25) is 10.0 Å². The molecule has 0 saturated heterocycles. The van der Waals surface area contributed by atoms with Gasteiger partial charge in [-0.15, -0.1) is 0 Å². The van der Waals surface area contributed by atoms with Crippen molar-refractivity contribution >= 4 is 27.6 Å². The zero-order chi connectivity index (χ0) is 20.7. The number of rotatable bonds is 8. The first-order valence-corrected chi connectivity index (χ1v) is 10.3. The molecule has 0 aromatic heterocycles. The largest absolute Gasteiger partial charge is 0.455 e. The number of ether oxygens (including phenoxy) is 1. The summed E-state index contributed by atoms with van der Waals surface area (Å²) >= 11 is 0. The summed E-state index contributed by atoms with van der Waals surface area (Å²) in [6.07, 6.45) is 0.549. The smallest absolute Gasteiger partial charge is 0.313 e. The van der Waals surface area contributed by atoms with Crippen molar-refractivity contribution in [1.82, 2.24) is 4.72 Å². The first kappa shape index (κ1) is 21.6.